The number of carbonyl (C=O) groups is 2. The molecule has 2 amide bonds. The number of hydrogen-bond donors (Lipinski definition) is 2. The van der Waals surface area contributed by atoms with Gasteiger partial charge >= 0.3 is 0 Å². The number of aliphatic hydroxyl groups is 1. The first-order valence-electron chi connectivity index (χ1n) is 8.71. The van der Waals surface area contributed by atoms with Gasteiger partial charge in [-0.1, -0.05) is 20.3 Å². The Morgan fingerprint density at radius 2 is 2.25 bits per heavy atom. The largest absolute Gasteiger partial charge is 0.459 e. The maximum atomic E-state index is 12.6. The topological polar surface area (TPSA) is 82.8 Å². The Hall–Kier alpha value is -1.82. The number of nitrogens with zero attached hydrogens (tertiary/aromatic N) is 1. The molecule has 1 aliphatic heterocycles. The highest BCUT2D eigenvalue weighted by molar-refractivity contribution is 5.95. The molecule has 1 aliphatic rings. The van der Waals surface area contributed by atoms with E-state index in [9.17, 15) is 14.7 Å². The number of likely N-dealkylation sites (tertiary alicyclic amines) is 1. The summed E-state index contributed by atoms with van der Waals surface area (Å²) in [5.41, 5.74) is -0.963. The zero-order chi connectivity index (χ0) is 17.7. The van der Waals surface area contributed by atoms with Crippen LogP contribution < -0.4 is 5.32 Å². The van der Waals surface area contributed by atoms with E-state index in [-0.39, 0.29) is 30.0 Å². The lowest BCUT2D eigenvalue weighted by Crippen LogP contribution is -2.54. The summed E-state index contributed by atoms with van der Waals surface area (Å²) in [5.74, 6) is -0.141. The van der Waals surface area contributed by atoms with Crippen molar-refractivity contribution >= 4 is 11.8 Å². The summed E-state index contributed by atoms with van der Waals surface area (Å²) < 4.78 is 5.17. The van der Waals surface area contributed by atoms with Gasteiger partial charge < -0.3 is 19.7 Å². The van der Waals surface area contributed by atoms with E-state index in [4.69, 9.17) is 4.42 Å². The second-order valence-electron chi connectivity index (χ2n) is 6.87. The summed E-state index contributed by atoms with van der Waals surface area (Å²) in [6.45, 7) is 6.42. The third-order valence-electron chi connectivity index (χ3n) is 5.09. The number of rotatable bonds is 6. The molecule has 2 heterocycles. The van der Waals surface area contributed by atoms with E-state index in [1.165, 1.54) is 6.26 Å². The lowest BCUT2D eigenvalue weighted by molar-refractivity contribution is -0.128. The van der Waals surface area contributed by atoms with Gasteiger partial charge in [-0.3, -0.25) is 9.59 Å². The smallest absolute Gasteiger partial charge is 0.290 e. The van der Waals surface area contributed by atoms with Gasteiger partial charge in [0, 0.05) is 13.1 Å². The third-order valence-corrected chi connectivity index (χ3v) is 5.09. The van der Waals surface area contributed by atoms with E-state index >= 15 is 0 Å². The van der Waals surface area contributed by atoms with E-state index in [2.05, 4.69) is 5.32 Å². The van der Waals surface area contributed by atoms with Crippen LogP contribution in [0.5, 0.6) is 0 Å². The summed E-state index contributed by atoms with van der Waals surface area (Å²) in [4.78, 5) is 26.7. The molecule has 1 aromatic heterocycles. The molecule has 6 nitrogen and oxygen atoms in total. The SMILES string of the molecule is CCC(C)C(C)(O)CNC(=O)C1CCCCN1C(=O)c1ccco1. The summed E-state index contributed by atoms with van der Waals surface area (Å²) in [6, 6.07) is 2.76. The summed E-state index contributed by atoms with van der Waals surface area (Å²) in [7, 11) is 0. The Kier molecular flexibility index (Phi) is 6.04. The number of amides is 2. The van der Waals surface area contributed by atoms with Gasteiger partial charge in [0.15, 0.2) is 5.76 Å². The molecule has 6 heteroatoms. The van der Waals surface area contributed by atoms with Gasteiger partial charge in [-0.15, -0.1) is 0 Å². The molecule has 0 aromatic carbocycles. The summed E-state index contributed by atoms with van der Waals surface area (Å²) in [6.07, 6.45) is 4.69. The van der Waals surface area contributed by atoms with Crippen LogP contribution in [0.3, 0.4) is 0 Å². The van der Waals surface area contributed by atoms with Crippen LogP contribution in [0.15, 0.2) is 22.8 Å². The van der Waals surface area contributed by atoms with Gasteiger partial charge in [0.2, 0.25) is 5.91 Å². The van der Waals surface area contributed by atoms with Gasteiger partial charge in [0.1, 0.15) is 6.04 Å². The Bertz CT molecular complexity index is 553. The van der Waals surface area contributed by atoms with Crippen LogP contribution in [0.25, 0.3) is 0 Å². The van der Waals surface area contributed by atoms with E-state index in [1.54, 1.807) is 24.0 Å². The highest BCUT2D eigenvalue weighted by Crippen LogP contribution is 2.22. The van der Waals surface area contributed by atoms with Crippen LogP contribution in [0.4, 0.5) is 0 Å². The lowest BCUT2D eigenvalue weighted by atomic mass is 9.88. The molecule has 0 aliphatic carbocycles. The summed E-state index contributed by atoms with van der Waals surface area (Å²) in [5, 5.41) is 13.3. The first-order chi connectivity index (χ1) is 11.4. The van der Waals surface area contributed by atoms with Gasteiger partial charge in [-0.25, -0.2) is 0 Å². The van der Waals surface area contributed by atoms with Crippen molar-refractivity contribution in [2.75, 3.05) is 13.1 Å². The van der Waals surface area contributed by atoms with E-state index in [0.717, 1.165) is 19.3 Å². The van der Waals surface area contributed by atoms with Crippen molar-refractivity contribution < 1.29 is 19.1 Å². The Labute approximate surface area is 143 Å². The van der Waals surface area contributed by atoms with Crippen molar-refractivity contribution in [1.82, 2.24) is 10.2 Å². The van der Waals surface area contributed by atoms with Crippen molar-refractivity contribution in [2.24, 2.45) is 5.92 Å². The van der Waals surface area contributed by atoms with E-state index in [1.807, 2.05) is 13.8 Å². The minimum Gasteiger partial charge on any atom is -0.459 e. The number of carbonyl (C=O) groups excluding carboxylic acids is 2. The average Bonchev–Trinajstić information content (AvgIpc) is 3.12. The predicted octanol–water partition coefficient (Wildman–Crippen LogP) is 2.19. The lowest BCUT2D eigenvalue weighted by Gasteiger charge is -2.35. The minimum atomic E-state index is -0.963. The molecule has 3 atom stereocenters. The fraction of sp³-hybridized carbons (Fsp3) is 0.667. The predicted molar refractivity (Wildman–Crippen MR) is 90.5 cm³/mol. The number of piperidine rings is 1. The van der Waals surface area contributed by atoms with Crippen molar-refractivity contribution in [3.05, 3.63) is 24.2 Å². The maximum Gasteiger partial charge on any atom is 0.290 e. The average molecular weight is 336 g/mol. The Morgan fingerprint density at radius 3 is 2.88 bits per heavy atom. The number of hydrogen-bond acceptors (Lipinski definition) is 4. The zero-order valence-corrected chi connectivity index (χ0v) is 14.7. The van der Waals surface area contributed by atoms with Crippen LogP contribution in [0.2, 0.25) is 0 Å². The molecule has 1 fully saturated rings. The van der Waals surface area contributed by atoms with Crippen LogP contribution >= 0.6 is 0 Å². The maximum absolute atomic E-state index is 12.6. The highest BCUT2D eigenvalue weighted by Gasteiger charge is 2.35. The van der Waals surface area contributed by atoms with Crippen LogP contribution in [0.1, 0.15) is 57.0 Å². The molecule has 0 spiro atoms. The number of nitrogens with one attached hydrogen (secondary N) is 1. The molecule has 1 aromatic rings. The van der Waals surface area contributed by atoms with Crippen LogP contribution in [-0.4, -0.2) is 46.6 Å². The molecular formula is C18H28N2O4. The van der Waals surface area contributed by atoms with Crippen molar-refractivity contribution in [2.45, 2.75) is 58.1 Å². The van der Waals surface area contributed by atoms with E-state index in [0.29, 0.717) is 13.0 Å². The fourth-order valence-electron chi connectivity index (χ4n) is 2.99. The first kappa shape index (κ1) is 18.5. The number of furan rings is 1. The van der Waals surface area contributed by atoms with Gasteiger partial charge in [0.25, 0.3) is 5.91 Å². The van der Waals surface area contributed by atoms with Gasteiger partial charge in [0.05, 0.1) is 11.9 Å². The Balaban J connectivity index is 2.02. The molecule has 1 saturated heterocycles. The van der Waals surface area contributed by atoms with Gasteiger partial charge in [-0.05, 0) is 44.2 Å². The molecule has 2 N–H and O–H groups in total. The monoisotopic (exact) mass is 336 g/mol. The van der Waals surface area contributed by atoms with Crippen molar-refractivity contribution in [3.63, 3.8) is 0 Å². The first-order valence-corrected chi connectivity index (χ1v) is 8.71. The van der Waals surface area contributed by atoms with Crippen molar-refractivity contribution in [1.29, 1.82) is 0 Å². The van der Waals surface area contributed by atoms with Crippen molar-refractivity contribution in [3.8, 4) is 0 Å². The second kappa shape index (κ2) is 7.83. The molecule has 0 saturated carbocycles. The molecular weight excluding hydrogens is 308 g/mol. The summed E-state index contributed by atoms with van der Waals surface area (Å²) >= 11 is 0. The molecule has 0 bridgehead atoms. The standard InChI is InChI=1S/C18H28N2O4/c1-4-13(2)18(3,23)12-19-16(21)14-8-5-6-10-20(14)17(22)15-9-7-11-24-15/h7,9,11,13-14,23H,4-6,8,10,12H2,1-3H3,(H,19,21). The third kappa shape index (κ3) is 4.17. The molecule has 3 unspecified atom stereocenters. The highest BCUT2D eigenvalue weighted by atomic mass is 16.3. The molecule has 134 valence electrons. The molecule has 2 rings (SSSR count). The van der Waals surface area contributed by atoms with E-state index < -0.39 is 11.6 Å². The quantitative estimate of drug-likeness (QED) is 0.834. The second-order valence-corrected chi connectivity index (χ2v) is 6.87. The van der Waals surface area contributed by atoms with Gasteiger partial charge in [-0.2, -0.15) is 0 Å². The van der Waals surface area contributed by atoms with Crippen LogP contribution in [0, 0.1) is 5.92 Å². The Morgan fingerprint density at radius 1 is 1.50 bits per heavy atom. The van der Waals surface area contributed by atoms with Crippen LogP contribution in [-0.2, 0) is 4.79 Å². The molecule has 24 heavy (non-hydrogen) atoms. The normalized spacial score (nSPS) is 21.8. The zero-order valence-electron chi connectivity index (χ0n) is 14.7. The fourth-order valence-corrected chi connectivity index (χ4v) is 2.99. The minimum absolute atomic E-state index is 0.0741. The molecule has 0 radical (unpaired) electrons.